The highest BCUT2D eigenvalue weighted by Gasteiger charge is 2.29. The van der Waals surface area contributed by atoms with Crippen LogP contribution in [0.2, 0.25) is 0 Å². The van der Waals surface area contributed by atoms with E-state index < -0.39 is 0 Å². The van der Waals surface area contributed by atoms with Gasteiger partial charge in [-0.3, -0.25) is 14.5 Å². The molecule has 1 unspecified atom stereocenters. The number of carbonyl (C=O) groups excluding carboxylic acids is 1. The van der Waals surface area contributed by atoms with E-state index in [0.717, 1.165) is 18.5 Å². The van der Waals surface area contributed by atoms with Crippen LogP contribution in [0, 0.1) is 0 Å². The van der Waals surface area contributed by atoms with Crippen molar-refractivity contribution in [2.24, 2.45) is 7.05 Å². The summed E-state index contributed by atoms with van der Waals surface area (Å²) in [4.78, 5) is 23.6. The molecule has 1 atom stereocenters. The minimum absolute atomic E-state index is 0.0470. The van der Waals surface area contributed by atoms with Crippen LogP contribution in [0.15, 0.2) is 48.9 Å². The summed E-state index contributed by atoms with van der Waals surface area (Å²) in [6.45, 7) is 1.26. The third kappa shape index (κ3) is 4.21. The van der Waals surface area contributed by atoms with E-state index in [0.29, 0.717) is 36.2 Å². The molecule has 150 valence electrons. The van der Waals surface area contributed by atoms with Crippen LogP contribution in [-0.2, 0) is 7.05 Å². The number of aryl methyl sites for hydroxylation is 1. The Labute approximate surface area is 169 Å². The second-order valence-electron chi connectivity index (χ2n) is 6.99. The number of nitrogens with zero attached hydrogens (tertiary/aromatic N) is 5. The van der Waals surface area contributed by atoms with Crippen molar-refractivity contribution in [3.8, 4) is 17.4 Å². The molecule has 1 amide bonds. The summed E-state index contributed by atoms with van der Waals surface area (Å²) < 4.78 is 12.9. The molecular weight excluding hydrogens is 370 g/mol. The largest absolute Gasteiger partial charge is 0.497 e. The second kappa shape index (κ2) is 8.30. The Balaban J connectivity index is 1.54. The third-order valence-corrected chi connectivity index (χ3v) is 4.97. The number of ether oxygens (including phenoxy) is 2. The number of piperidine rings is 1. The fourth-order valence-corrected chi connectivity index (χ4v) is 3.55. The minimum atomic E-state index is -0.0607. The maximum atomic E-state index is 12.8. The molecule has 0 spiro atoms. The monoisotopic (exact) mass is 393 g/mol. The van der Waals surface area contributed by atoms with E-state index in [1.807, 2.05) is 23.1 Å². The quantitative estimate of drug-likeness (QED) is 0.663. The van der Waals surface area contributed by atoms with Crippen molar-refractivity contribution in [1.29, 1.82) is 0 Å². The summed E-state index contributed by atoms with van der Waals surface area (Å²) in [5.41, 5.74) is 1.22. The van der Waals surface area contributed by atoms with Crippen LogP contribution in [0.1, 0.15) is 34.9 Å². The standard InChI is InChI=1S/C21H23N5O3/c1-25-12-8-18(24-25)21(27)26-11-4-5-15(14-26)19-20(23-10-9-22-19)29-17-7-3-6-16(13-17)28-2/h3,6-10,12-13,15H,4-5,11,14H2,1-2H3. The van der Waals surface area contributed by atoms with Crippen molar-refractivity contribution in [3.63, 3.8) is 0 Å². The van der Waals surface area contributed by atoms with E-state index in [1.165, 1.54) is 0 Å². The molecular formula is C21H23N5O3. The Morgan fingerprint density at radius 2 is 2.00 bits per heavy atom. The summed E-state index contributed by atoms with van der Waals surface area (Å²) in [5, 5.41) is 4.23. The van der Waals surface area contributed by atoms with Crippen molar-refractivity contribution < 1.29 is 14.3 Å². The number of amides is 1. The van der Waals surface area contributed by atoms with Crippen LogP contribution in [0.5, 0.6) is 17.4 Å². The maximum absolute atomic E-state index is 12.8. The van der Waals surface area contributed by atoms with Crippen molar-refractivity contribution in [2.45, 2.75) is 18.8 Å². The number of likely N-dealkylation sites (tertiary alicyclic amines) is 1. The fraction of sp³-hybridized carbons (Fsp3) is 0.333. The van der Waals surface area contributed by atoms with E-state index in [9.17, 15) is 4.79 Å². The molecule has 3 heterocycles. The Hall–Kier alpha value is -3.42. The molecule has 0 radical (unpaired) electrons. The Morgan fingerprint density at radius 1 is 1.17 bits per heavy atom. The average molecular weight is 393 g/mol. The predicted octanol–water partition coefficient (Wildman–Crippen LogP) is 3.03. The molecule has 29 heavy (non-hydrogen) atoms. The molecule has 1 saturated heterocycles. The molecule has 1 fully saturated rings. The molecule has 2 aromatic heterocycles. The number of rotatable bonds is 5. The van der Waals surface area contributed by atoms with Gasteiger partial charge in [-0.25, -0.2) is 4.98 Å². The van der Waals surface area contributed by atoms with Gasteiger partial charge in [0, 0.05) is 50.7 Å². The first-order valence-electron chi connectivity index (χ1n) is 9.56. The zero-order valence-corrected chi connectivity index (χ0v) is 16.5. The molecule has 0 aliphatic carbocycles. The van der Waals surface area contributed by atoms with Gasteiger partial charge in [0.25, 0.3) is 5.91 Å². The lowest BCUT2D eigenvalue weighted by molar-refractivity contribution is 0.0698. The van der Waals surface area contributed by atoms with Crippen molar-refractivity contribution in [1.82, 2.24) is 24.6 Å². The van der Waals surface area contributed by atoms with E-state index in [2.05, 4.69) is 15.1 Å². The van der Waals surface area contributed by atoms with Gasteiger partial charge in [0.2, 0.25) is 5.88 Å². The zero-order chi connectivity index (χ0) is 20.2. The van der Waals surface area contributed by atoms with Gasteiger partial charge in [0.05, 0.1) is 7.11 Å². The SMILES string of the molecule is COc1cccc(Oc2nccnc2C2CCCN(C(=O)c3ccn(C)n3)C2)c1. The number of methoxy groups -OCH3 is 1. The summed E-state index contributed by atoms with van der Waals surface area (Å²) >= 11 is 0. The lowest BCUT2D eigenvalue weighted by atomic mass is 9.94. The van der Waals surface area contributed by atoms with Crippen molar-refractivity contribution in [2.75, 3.05) is 20.2 Å². The van der Waals surface area contributed by atoms with Crippen molar-refractivity contribution >= 4 is 5.91 Å². The van der Waals surface area contributed by atoms with Crippen LogP contribution in [0.4, 0.5) is 0 Å². The lowest BCUT2D eigenvalue weighted by Crippen LogP contribution is -2.39. The molecule has 3 aromatic rings. The highest BCUT2D eigenvalue weighted by atomic mass is 16.5. The van der Waals surface area contributed by atoms with Crippen LogP contribution in [-0.4, -0.2) is 50.8 Å². The van der Waals surface area contributed by atoms with E-state index in [4.69, 9.17) is 9.47 Å². The number of aromatic nitrogens is 4. The zero-order valence-electron chi connectivity index (χ0n) is 16.5. The number of carbonyl (C=O) groups is 1. The maximum Gasteiger partial charge on any atom is 0.274 e. The topological polar surface area (TPSA) is 82.4 Å². The number of benzene rings is 1. The molecule has 1 aliphatic rings. The molecule has 8 nitrogen and oxygen atoms in total. The minimum Gasteiger partial charge on any atom is -0.497 e. The van der Waals surface area contributed by atoms with Gasteiger partial charge in [-0.2, -0.15) is 5.10 Å². The summed E-state index contributed by atoms with van der Waals surface area (Å²) in [5.74, 6) is 1.78. The molecule has 0 N–H and O–H groups in total. The summed E-state index contributed by atoms with van der Waals surface area (Å²) in [6, 6.07) is 9.10. The van der Waals surface area contributed by atoms with Gasteiger partial charge in [-0.1, -0.05) is 6.07 Å². The van der Waals surface area contributed by atoms with E-state index >= 15 is 0 Å². The van der Waals surface area contributed by atoms with E-state index in [1.54, 1.807) is 49.6 Å². The van der Waals surface area contributed by atoms with Gasteiger partial charge >= 0.3 is 0 Å². The second-order valence-corrected chi connectivity index (χ2v) is 6.99. The first kappa shape index (κ1) is 18.9. The smallest absolute Gasteiger partial charge is 0.274 e. The van der Waals surface area contributed by atoms with Gasteiger partial charge in [-0.15, -0.1) is 0 Å². The molecule has 0 saturated carbocycles. The number of hydrogen-bond acceptors (Lipinski definition) is 6. The van der Waals surface area contributed by atoms with E-state index in [-0.39, 0.29) is 11.8 Å². The van der Waals surface area contributed by atoms with Crippen molar-refractivity contribution in [3.05, 3.63) is 60.3 Å². The number of hydrogen-bond donors (Lipinski definition) is 0. The average Bonchev–Trinajstić information content (AvgIpc) is 3.20. The van der Waals surface area contributed by atoms with Gasteiger partial charge in [-0.05, 0) is 31.0 Å². The summed E-state index contributed by atoms with van der Waals surface area (Å²) in [6.07, 6.45) is 6.85. The Kier molecular flexibility index (Phi) is 5.41. The molecule has 4 rings (SSSR count). The summed E-state index contributed by atoms with van der Waals surface area (Å²) in [7, 11) is 3.42. The third-order valence-electron chi connectivity index (χ3n) is 4.97. The highest BCUT2D eigenvalue weighted by molar-refractivity contribution is 5.92. The van der Waals surface area contributed by atoms with Crippen LogP contribution in [0.3, 0.4) is 0 Å². The van der Waals surface area contributed by atoms with Gasteiger partial charge < -0.3 is 14.4 Å². The van der Waals surface area contributed by atoms with Crippen LogP contribution in [0.25, 0.3) is 0 Å². The first-order valence-corrected chi connectivity index (χ1v) is 9.56. The molecule has 1 aromatic carbocycles. The molecule has 1 aliphatic heterocycles. The van der Waals surface area contributed by atoms with Gasteiger partial charge in [0.1, 0.15) is 22.9 Å². The molecule has 0 bridgehead atoms. The Morgan fingerprint density at radius 3 is 2.79 bits per heavy atom. The highest BCUT2D eigenvalue weighted by Crippen LogP contribution is 2.33. The Bertz CT molecular complexity index is 1000. The van der Waals surface area contributed by atoms with Crippen LogP contribution < -0.4 is 9.47 Å². The first-order chi connectivity index (χ1) is 14.1. The van der Waals surface area contributed by atoms with Crippen LogP contribution >= 0.6 is 0 Å². The predicted molar refractivity (Wildman–Crippen MR) is 106 cm³/mol. The normalized spacial score (nSPS) is 16.5. The van der Waals surface area contributed by atoms with Gasteiger partial charge in [0.15, 0.2) is 0 Å². The fourth-order valence-electron chi connectivity index (χ4n) is 3.55. The molecule has 8 heteroatoms. The lowest BCUT2D eigenvalue weighted by Gasteiger charge is -2.32.